The fourth-order valence-electron chi connectivity index (χ4n) is 2.09. The van der Waals surface area contributed by atoms with Crippen molar-refractivity contribution in [3.63, 3.8) is 0 Å². The van der Waals surface area contributed by atoms with Gasteiger partial charge in [-0.05, 0) is 48.9 Å². The van der Waals surface area contributed by atoms with E-state index in [1.54, 1.807) is 17.4 Å². The quantitative estimate of drug-likeness (QED) is 0.914. The number of aromatic nitrogens is 1. The first-order valence-corrected chi connectivity index (χ1v) is 6.83. The Bertz CT molecular complexity index is 614. The number of thiophene rings is 1. The lowest BCUT2D eigenvalue weighted by molar-refractivity contribution is 0.0695. The van der Waals surface area contributed by atoms with E-state index in [1.807, 2.05) is 11.4 Å². The van der Waals surface area contributed by atoms with Gasteiger partial charge in [0.25, 0.3) is 0 Å². The second-order valence-corrected chi connectivity index (χ2v) is 5.56. The summed E-state index contributed by atoms with van der Waals surface area (Å²) in [6, 6.07) is 5.56. The number of hydrogen-bond acceptors (Lipinski definition) is 3. The summed E-state index contributed by atoms with van der Waals surface area (Å²) in [5.74, 6) is -0.532. The third-order valence-electron chi connectivity index (χ3n) is 3.21. The normalized spacial score (nSPS) is 14.7. The van der Waals surface area contributed by atoms with E-state index >= 15 is 0 Å². The second kappa shape index (κ2) is 4.21. The Hall–Kier alpha value is -1.68. The molecular weight excluding hydrogens is 246 g/mol. The zero-order chi connectivity index (χ0) is 12.7. The third-order valence-corrected chi connectivity index (χ3v) is 4.25. The van der Waals surface area contributed by atoms with Gasteiger partial charge in [0.2, 0.25) is 0 Å². The molecule has 1 aliphatic rings. The van der Waals surface area contributed by atoms with E-state index in [9.17, 15) is 9.90 Å². The van der Waals surface area contributed by atoms with Crippen LogP contribution in [0, 0.1) is 6.92 Å². The van der Waals surface area contributed by atoms with Crippen molar-refractivity contribution in [2.24, 2.45) is 0 Å². The van der Waals surface area contributed by atoms with Gasteiger partial charge in [-0.1, -0.05) is 0 Å². The molecule has 0 aliphatic heterocycles. The summed E-state index contributed by atoms with van der Waals surface area (Å²) in [6.07, 6.45) is 2.11. The number of nitrogens with zero attached hydrogens (tertiary/aromatic N) is 1. The van der Waals surface area contributed by atoms with Crippen LogP contribution < -0.4 is 0 Å². The van der Waals surface area contributed by atoms with Crippen molar-refractivity contribution in [2.45, 2.75) is 25.7 Å². The molecule has 2 aromatic rings. The van der Waals surface area contributed by atoms with Gasteiger partial charge in [0, 0.05) is 5.92 Å². The molecule has 4 heteroatoms. The van der Waals surface area contributed by atoms with Crippen LogP contribution in [0.5, 0.6) is 0 Å². The lowest BCUT2D eigenvalue weighted by Crippen LogP contribution is -2.04. The Balaban J connectivity index is 2.11. The molecule has 18 heavy (non-hydrogen) atoms. The maximum Gasteiger partial charge on any atom is 0.337 e. The van der Waals surface area contributed by atoms with Crippen LogP contribution in [0.2, 0.25) is 0 Å². The molecule has 0 spiro atoms. The molecule has 3 rings (SSSR count). The van der Waals surface area contributed by atoms with Gasteiger partial charge in [0.1, 0.15) is 0 Å². The molecule has 1 fully saturated rings. The van der Waals surface area contributed by atoms with Crippen molar-refractivity contribution in [1.29, 1.82) is 0 Å². The average molecular weight is 259 g/mol. The van der Waals surface area contributed by atoms with E-state index in [4.69, 9.17) is 0 Å². The summed E-state index contributed by atoms with van der Waals surface area (Å²) in [7, 11) is 0. The molecule has 0 bridgehead atoms. The molecule has 0 aromatic carbocycles. The number of carbonyl (C=O) groups is 1. The van der Waals surface area contributed by atoms with Crippen LogP contribution in [0.4, 0.5) is 0 Å². The highest BCUT2D eigenvalue weighted by molar-refractivity contribution is 7.13. The van der Waals surface area contributed by atoms with Crippen LogP contribution >= 0.6 is 11.3 Å². The van der Waals surface area contributed by atoms with Crippen LogP contribution in [0.1, 0.15) is 40.4 Å². The van der Waals surface area contributed by atoms with Crippen LogP contribution in [0.3, 0.4) is 0 Å². The zero-order valence-corrected chi connectivity index (χ0v) is 10.8. The smallest absolute Gasteiger partial charge is 0.337 e. The first-order valence-electron chi connectivity index (χ1n) is 5.95. The first kappa shape index (κ1) is 11.4. The molecular formula is C14H13NO2S. The van der Waals surface area contributed by atoms with Crippen molar-refractivity contribution >= 4 is 17.3 Å². The largest absolute Gasteiger partial charge is 0.478 e. The predicted molar refractivity (Wildman–Crippen MR) is 71.2 cm³/mol. The standard InChI is InChI=1S/C14H13NO2S/c1-8-6-7-18-13(8)11-5-4-10(14(16)17)12(15-11)9-2-3-9/h4-7,9H,2-3H2,1H3,(H,16,17). The highest BCUT2D eigenvalue weighted by atomic mass is 32.1. The molecule has 2 heterocycles. The number of hydrogen-bond donors (Lipinski definition) is 1. The minimum atomic E-state index is -0.876. The van der Waals surface area contributed by atoms with Crippen LogP contribution in [0.25, 0.3) is 10.6 Å². The van der Waals surface area contributed by atoms with Crippen molar-refractivity contribution in [3.8, 4) is 10.6 Å². The Morgan fingerprint density at radius 2 is 2.17 bits per heavy atom. The molecule has 1 saturated carbocycles. The summed E-state index contributed by atoms with van der Waals surface area (Å²) >= 11 is 1.65. The van der Waals surface area contributed by atoms with Crippen molar-refractivity contribution in [3.05, 3.63) is 40.4 Å². The minimum absolute atomic E-state index is 0.344. The highest BCUT2D eigenvalue weighted by Crippen LogP contribution is 2.41. The monoisotopic (exact) mass is 259 g/mol. The van der Waals surface area contributed by atoms with Gasteiger partial charge < -0.3 is 5.11 Å². The van der Waals surface area contributed by atoms with Gasteiger partial charge in [0.05, 0.1) is 21.8 Å². The Morgan fingerprint density at radius 1 is 1.39 bits per heavy atom. The Kier molecular flexibility index (Phi) is 2.67. The Labute approximate surface area is 109 Å². The molecule has 0 saturated heterocycles. The first-order chi connectivity index (χ1) is 8.66. The molecule has 3 nitrogen and oxygen atoms in total. The third kappa shape index (κ3) is 1.93. The molecule has 0 radical (unpaired) electrons. The van der Waals surface area contributed by atoms with E-state index in [1.165, 1.54) is 5.56 Å². The SMILES string of the molecule is Cc1ccsc1-c1ccc(C(=O)O)c(C2CC2)n1. The van der Waals surface area contributed by atoms with E-state index in [0.717, 1.165) is 29.1 Å². The maximum atomic E-state index is 11.2. The molecule has 92 valence electrons. The highest BCUT2D eigenvalue weighted by Gasteiger charge is 2.30. The number of aromatic carboxylic acids is 1. The van der Waals surface area contributed by atoms with Gasteiger partial charge in [-0.3, -0.25) is 4.98 Å². The fraction of sp³-hybridized carbons (Fsp3) is 0.286. The number of carboxylic acid groups (broad SMARTS) is 1. The van der Waals surface area contributed by atoms with Crippen molar-refractivity contribution in [1.82, 2.24) is 4.98 Å². The number of aryl methyl sites for hydroxylation is 1. The number of rotatable bonds is 3. The van der Waals surface area contributed by atoms with E-state index < -0.39 is 5.97 Å². The van der Waals surface area contributed by atoms with Gasteiger partial charge in [-0.2, -0.15) is 0 Å². The molecule has 2 aromatic heterocycles. The van der Waals surface area contributed by atoms with Crippen LogP contribution in [0.15, 0.2) is 23.6 Å². The van der Waals surface area contributed by atoms with E-state index in [-0.39, 0.29) is 0 Å². The van der Waals surface area contributed by atoms with Gasteiger partial charge in [0.15, 0.2) is 0 Å². The maximum absolute atomic E-state index is 11.2. The summed E-state index contributed by atoms with van der Waals surface area (Å²) < 4.78 is 0. The van der Waals surface area contributed by atoms with Crippen molar-refractivity contribution < 1.29 is 9.90 Å². The summed E-state index contributed by atoms with van der Waals surface area (Å²) in [5.41, 5.74) is 3.20. The number of carboxylic acids is 1. The average Bonchev–Trinajstić information content (AvgIpc) is 3.11. The van der Waals surface area contributed by atoms with Crippen LogP contribution in [-0.2, 0) is 0 Å². The second-order valence-electron chi connectivity index (χ2n) is 4.64. The lowest BCUT2D eigenvalue weighted by Gasteiger charge is -2.07. The topological polar surface area (TPSA) is 50.2 Å². The fourth-order valence-corrected chi connectivity index (χ4v) is 2.98. The summed E-state index contributed by atoms with van der Waals surface area (Å²) in [5, 5.41) is 11.2. The number of pyridine rings is 1. The lowest BCUT2D eigenvalue weighted by atomic mass is 10.1. The summed E-state index contributed by atoms with van der Waals surface area (Å²) in [4.78, 5) is 16.9. The molecule has 1 aliphatic carbocycles. The van der Waals surface area contributed by atoms with Crippen LogP contribution in [-0.4, -0.2) is 16.1 Å². The van der Waals surface area contributed by atoms with Crippen molar-refractivity contribution in [2.75, 3.05) is 0 Å². The summed E-state index contributed by atoms with van der Waals surface area (Å²) in [6.45, 7) is 2.05. The Morgan fingerprint density at radius 3 is 2.72 bits per heavy atom. The zero-order valence-electron chi connectivity index (χ0n) is 10.0. The van der Waals surface area contributed by atoms with Gasteiger partial charge in [-0.15, -0.1) is 11.3 Å². The predicted octanol–water partition coefficient (Wildman–Crippen LogP) is 3.69. The molecule has 1 N–H and O–H groups in total. The molecule has 0 atom stereocenters. The minimum Gasteiger partial charge on any atom is -0.478 e. The van der Waals surface area contributed by atoms with Gasteiger partial charge in [-0.25, -0.2) is 4.79 Å². The van der Waals surface area contributed by atoms with E-state index in [2.05, 4.69) is 18.0 Å². The van der Waals surface area contributed by atoms with E-state index in [0.29, 0.717) is 11.5 Å². The van der Waals surface area contributed by atoms with Gasteiger partial charge >= 0.3 is 5.97 Å². The molecule has 0 amide bonds. The molecule has 0 unspecified atom stereocenters.